The predicted octanol–water partition coefficient (Wildman–Crippen LogP) is 3.52. The first-order valence-electron chi connectivity index (χ1n) is 19.3. The van der Waals surface area contributed by atoms with Crippen molar-refractivity contribution in [3.8, 4) is 0 Å². The monoisotopic (exact) mass is 774 g/mol. The Morgan fingerprint density at radius 1 is 1.11 bits per heavy atom. The summed E-state index contributed by atoms with van der Waals surface area (Å²) in [5, 5.41) is 28.4. The van der Waals surface area contributed by atoms with Crippen molar-refractivity contribution in [3.63, 3.8) is 0 Å². The molecule has 3 aliphatic heterocycles. The number of fused-ring (bicyclic) bond motifs is 5. The number of ketones is 1. The number of carbonyl (C=O) groups is 3. The SMILES string of the molecule is CC[C@@H]1OC(=O)C(C)C(=O)[C@H](C)[C@@H](O[C@@H]2O[C@H](C)C[C@H](N(C)C)[C@H]2O)C2(C)C[C@@H](C)C(=NC(C)=O)[C@@H](C)[C@H](OC/C(=N/OCc3cccnc3)CO2)[C@]1(C)O. The Labute approximate surface area is 325 Å². The van der Waals surface area contributed by atoms with Crippen LogP contribution in [-0.2, 0) is 49.5 Å². The van der Waals surface area contributed by atoms with E-state index in [-0.39, 0.29) is 44.8 Å². The zero-order valence-electron chi connectivity index (χ0n) is 34.3. The lowest BCUT2D eigenvalue weighted by Gasteiger charge is -2.47. The molecule has 13 atom stereocenters. The minimum absolute atomic E-state index is 0.101. The van der Waals surface area contributed by atoms with Gasteiger partial charge in [0.1, 0.15) is 36.0 Å². The van der Waals surface area contributed by atoms with Crippen molar-refractivity contribution < 1.29 is 53.1 Å². The molecule has 4 heterocycles. The van der Waals surface area contributed by atoms with E-state index >= 15 is 0 Å². The second-order valence-corrected chi connectivity index (χ2v) is 16.2. The number of carbonyl (C=O) groups excluding carboxylic acids is 3. The van der Waals surface area contributed by atoms with Crippen LogP contribution in [-0.4, -0.2) is 131 Å². The molecule has 55 heavy (non-hydrogen) atoms. The van der Waals surface area contributed by atoms with Crippen LogP contribution in [0.4, 0.5) is 0 Å². The van der Waals surface area contributed by atoms with Crippen LogP contribution in [0, 0.1) is 23.7 Å². The summed E-state index contributed by atoms with van der Waals surface area (Å²) < 4.78 is 32.3. The first kappa shape index (κ1) is 44.5. The Bertz CT molecular complexity index is 1540. The normalized spacial score (nSPS) is 39.9. The molecule has 2 N–H and O–H groups in total. The highest BCUT2D eigenvalue weighted by molar-refractivity contribution is 6.00. The van der Waals surface area contributed by atoms with E-state index in [0.29, 0.717) is 17.8 Å². The number of Topliss-reactive ketones (excluding diaryl/α,β-unsaturated/α-hetero) is 1. The summed E-state index contributed by atoms with van der Waals surface area (Å²) in [5.74, 6) is -5.25. The van der Waals surface area contributed by atoms with Gasteiger partial charge in [-0.25, -0.2) is 4.99 Å². The number of hydrogen-bond acceptors (Lipinski definition) is 14. The number of nitrogens with zero attached hydrogens (tertiary/aromatic N) is 4. The summed E-state index contributed by atoms with van der Waals surface area (Å²) in [7, 11) is 3.73. The van der Waals surface area contributed by atoms with Gasteiger partial charge in [-0.05, 0) is 73.0 Å². The Morgan fingerprint density at radius 3 is 2.44 bits per heavy atom. The molecule has 3 fully saturated rings. The predicted molar refractivity (Wildman–Crippen MR) is 203 cm³/mol. The summed E-state index contributed by atoms with van der Waals surface area (Å²) in [6.07, 6.45) is -1.70. The quantitative estimate of drug-likeness (QED) is 0.233. The van der Waals surface area contributed by atoms with Gasteiger partial charge in [0, 0.05) is 48.5 Å². The minimum Gasteiger partial charge on any atom is -0.459 e. The molecule has 0 saturated carbocycles. The maximum Gasteiger partial charge on any atom is 0.316 e. The molecule has 3 aliphatic rings. The Morgan fingerprint density at radius 2 is 1.82 bits per heavy atom. The van der Waals surface area contributed by atoms with E-state index in [9.17, 15) is 24.6 Å². The van der Waals surface area contributed by atoms with E-state index in [1.807, 2.05) is 38.9 Å². The fourth-order valence-corrected chi connectivity index (χ4v) is 8.29. The molecule has 3 saturated heterocycles. The molecule has 15 heteroatoms. The van der Waals surface area contributed by atoms with Crippen LogP contribution in [0.2, 0.25) is 0 Å². The number of hydrogen-bond donors (Lipinski definition) is 2. The Balaban J connectivity index is 1.94. The van der Waals surface area contributed by atoms with E-state index < -0.39 is 83.2 Å². The van der Waals surface area contributed by atoms with Gasteiger partial charge in [-0.1, -0.05) is 38.9 Å². The van der Waals surface area contributed by atoms with Gasteiger partial charge in [0.05, 0.1) is 37.1 Å². The van der Waals surface area contributed by atoms with Crippen molar-refractivity contribution in [1.82, 2.24) is 9.88 Å². The molecule has 0 radical (unpaired) electrons. The summed E-state index contributed by atoms with van der Waals surface area (Å²) in [5.41, 5.74) is -1.71. The molecular weight excluding hydrogens is 712 g/mol. The smallest absolute Gasteiger partial charge is 0.316 e. The van der Waals surface area contributed by atoms with Crippen LogP contribution in [0.25, 0.3) is 0 Å². The van der Waals surface area contributed by atoms with Gasteiger partial charge in [0.15, 0.2) is 12.1 Å². The van der Waals surface area contributed by atoms with Crippen LogP contribution in [0.5, 0.6) is 0 Å². The first-order valence-corrected chi connectivity index (χ1v) is 19.3. The highest BCUT2D eigenvalue weighted by Gasteiger charge is 2.53. The van der Waals surface area contributed by atoms with Crippen LogP contribution in [0.3, 0.4) is 0 Å². The van der Waals surface area contributed by atoms with Gasteiger partial charge in [0.25, 0.3) is 0 Å². The highest BCUT2D eigenvalue weighted by Crippen LogP contribution is 2.40. The molecular formula is C40H62N4O11. The molecule has 2 unspecified atom stereocenters. The van der Waals surface area contributed by atoms with Crippen LogP contribution in [0.1, 0.15) is 87.1 Å². The molecule has 2 bridgehead atoms. The molecule has 1 aromatic heterocycles. The van der Waals surface area contributed by atoms with Crippen molar-refractivity contribution in [2.75, 3.05) is 27.3 Å². The number of aromatic nitrogens is 1. The Kier molecular flexibility index (Phi) is 15.3. The van der Waals surface area contributed by atoms with Crippen LogP contribution < -0.4 is 0 Å². The van der Waals surface area contributed by atoms with Gasteiger partial charge < -0.3 is 43.6 Å². The second kappa shape index (κ2) is 18.8. The zero-order valence-corrected chi connectivity index (χ0v) is 34.3. The summed E-state index contributed by atoms with van der Waals surface area (Å²) in [4.78, 5) is 57.3. The number of aliphatic hydroxyl groups excluding tert-OH is 1. The molecule has 15 nitrogen and oxygen atoms in total. The third kappa shape index (κ3) is 10.6. The number of rotatable bonds is 7. The maximum atomic E-state index is 14.4. The van der Waals surface area contributed by atoms with Gasteiger partial charge in [-0.3, -0.25) is 19.4 Å². The number of cyclic esters (lactones) is 1. The fraction of sp³-hybridized carbons (Fsp3) is 0.750. The highest BCUT2D eigenvalue weighted by atomic mass is 16.7. The lowest BCUT2D eigenvalue weighted by atomic mass is 9.73. The minimum atomic E-state index is -1.83. The van der Waals surface area contributed by atoms with Crippen LogP contribution in [0.15, 0.2) is 34.7 Å². The topological polar surface area (TPSA) is 188 Å². The Hall–Kier alpha value is -3.18. The average molecular weight is 775 g/mol. The summed E-state index contributed by atoms with van der Waals surface area (Å²) in [6, 6.07) is 3.32. The number of aliphatic imine (C=N–C) groups is 1. The summed E-state index contributed by atoms with van der Waals surface area (Å²) in [6.45, 7) is 14.9. The van der Waals surface area contributed by atoms with Crippen molar-refractivity contribution in [3.05, 3.63) is 30.1 Å². The summed E-state index contributed by atoms with van der Waals surface area (Å²) >= 11 is 0. The largest absolute Gasteiger partial charge is 0.459 e. The number of esters is 1. The van der Waals surface area contributed by atoms with Crippen LogP contribution >= 0.6 is 0 Å². The molecule has 1 amide bonds. The first-order chi connectivity index (χ1) is 25.8. The van der Waals surface area contributed by atoms with Gasteiger partial charge in [0.2, 0.25) is 5.91 Å². The molecule has 4 rings (SSSR count). The number of pyridine rings is 1. The third-order valence-corrected chi connectivity index (χ3v) is 11.3. The van der Waals surface area contributed by atoms with Gasteiger partial charge >= 0.3 is 5.97 Å². The van der Waals surface area contributed by atoms with Crippen molar-refractivity contribution >= 4 is 29.1 Å². The van der Waals surface area contributed by atoms with E-state index in [4.69, 9.17) is 28.5 Å². The maximum absolute atomic E-state index is 14.4. The van der Waals surface area contributed by atoms with E-state index in [2.05, 4.69) is 15.1 Å². The fourth-order valence-electron chi connectivity index (χ4n) is 8.29. The average Bonchev–Trinajstić information content (AvgIpc) is 3.14. The number of aliphatic hydroxyl groups is 2. The van der Waals surface area contributed by atoms with Crippen molar-refractivity contribution in [1.29, 1.82) is 0 Å². The molecule has 0 aromatic carbocycles. The number of ether oxygens (including phenoxy) is 5. The molecule has 308 valence electrons. The van der Waals surface area contributed by atoms with Gasteiger partial charge in [-0.2, -0.15) is 0 Å². The van der Waals surface area contributed by atoms with E-state index in [1.165, 1.54) is 20.8 Å². The number of oxime groups is 1. The number of amides is 1. The lowest BCUT2D eigenvalue weighted by Crippen LogP contribution is -2.60. The number of likely N-dealkylation sites (N-methyl/N-ethyl adjacent to an activating group) is 1. The molecule has 0 aliphatic carbocycles. The lowest BCUT2D eigenvalue weighted by molar-refractivity contribution is -0.296. The second-order valence-electron chi connectivity index (χ2n) is 16.2. The molecule has 0 spiro atoms. The van der Waals surface area contributed by atoms with Gasteiger partial charge in [-0.15, -0.1) is 0 Å². The van der Waals surface area contributed by atoms with Crippen molar-refractivity contribution in [2.45, 2.75) is 142 Å². The third-order valence-electron chi connectivity index (χ3n) is 11.3. The van der Waals surface area contributed by atoms with E-state index in [0.717, 1.165) is 5.56 Å². The standard InChI is InChI=1S/C40H62N4O11/c1-12-31-40(9,49)36-24(4)32(42-27(7)45)22(2)17-39(8,51-21-29(20-50-36)43-52-19-28-14-13-15-41-18-28)35(25(5)33(46)26(6)37(48)54-31)55-38-34(47)30(44(10)11)16-23(3)53-38/h13-15,18,22-26,30-31,34-36,38,47,49H,12,16-17,19-21H2,1-11H3/b42-32?,43-29-/t22-,23-,24-,25+,26?,30+,31+,34-,35-,36+,38+,39?,40-/m1/s1. The molecule has 1 aromatic rings. The zero-order chi connectivity index (χ0) is 40.8. The van der Waals surface area contributed by atoms with E-state index in [1.54, 1.807) is 46.2 Å². The van der Waals surface area contributed by atoms with Crippen molar-refractivity contribution in [2.24, 2.45) is 33.8 Å².